The summed E-state index contributed by atoms with van der Waals surface area (Å²) in [6, 6.07) is 2.04. The molecule has 2 N–H and O–H groups in total. The number of carbonyl (C=O) groups excluding carboxylic acids is 2. The first-order valence-electron chi connectivity index (χ1n) is 7.15. The van der Waals surface area contributed by atoms with Gasteiger partial charge in [-0.15, -0.1) is 0 Å². The Morgan fingerprint density at radius 2 is 1.92 bits per heavy atom. The first-order chi connectivity index (χ1) is 11.1. The fourth-order valence-corrected chi connectivity index (χ4v) is 1.80. The van der Waals surface area contributed by atoms with E-state index in [9.17, 15) is 23.9 Å². The molecule has 0 unspecified atom stereocenters. The summed E-state index contributed by atoms with van der Waals surface area (Å²) in [5.74, 6) is -3.04. The lowest BCUT2D eigenvalue weighted by Gasteiger charge is -2.23. The highest BCUT2D eigenvalue weighted by molar-refractivity contribution is 5.90. The second kappa shape index (κ2) is 7.72. The zero-order valence-corrected chi connectivity index (χ0v) is 13.9. The van der Waals surface area contributed by atoms with Crippen molar-refractivity contribution >= 4 is 23.9 Å². The van der Waals surface area contributed by atoms with Crippen molar-refractivity contribution in [3.63, 3.8) is 0 Å². The third-order valence-corrected chi connectivity index (χ3v) is 3.16. The van der Waals surface area contributed by atoms with Gasteiger partial charge < -0.3 is 15.2 Å². The molecule has 7 heteroatoms. The van der Waals surface area contributed by atoms with Gasteiger partial charge in [-0.1, -0.05) is 26.8 Å². The van der Waals surface area contributed by atoms with Crippen molar-refractivity contribution in [2.45, 2.75) is 26.8 Å². The number of carboxylic acid groups (broad SMARTS) is 1. The number of halogens is 1. The van der Waals surface area contributed by atoms with Crippen molar-refractivity contribution in [1.82, 2.24) is 5.32 Å². The fourth-order valence-electron chi connectivity index (χ4n) is 1.80. The predicted octanol–water partition coefficient (Wildman–Crippen LogP) is 2.30. The van der Waals surface area contributed by atoms with Gasteiger partial charge in [-0.25, -0.2) is 14.0 Å². The van der Waals surface area contributed by atoms with Crippen LogP contribution in [-0.2, 0) is 19.1 Å². The Bertz CT molecular complexity index is 676. The molecular weight excluding hydrogens is 317 g/mol. The molecule has 0 spiro atoms. The number of amides is 1. The number of ether oxygens (including phenoxy) is 1. The molecule has 0 saturated heterocycles. The van der Waals surface area contributed by atoms with Crippen LogP contribution in [0.25, 0.3) is 6.08 Å². The molecule has 0 bridgehead atoms. The number of nitrogens with one attached hydrogen (secondary N) is 1. The van der Waals surface area contributed by atoms with Crippen molar-refractivity contribution in [3.05, 3.63) is 41.2 Å². The second-order valence-electron chi connectivity index (χ2n) is 6.12. The molecule has 1 aromatic carbocycles. The standard InChI is InChI=1S/C17H20FNO5/c1-17(2,3)16(23)19-14(15(21)22)12-7-6-11(18)9-10(12)5-8-13(20)24-4/h5-9,14H,1-4H3,(H,19,23)(H,21,22)/b8-5+/t14-/m0/s1. The lowest BCUT2D eigenvalue weighted by Crippen LogP contribution is -2.40. The molecule has 1 atom stereocenters. The minimum absolute atomic E-state index is 0.154. The zero-order valence-electron chi connectivity index (χ0n) is 13.9. The van der Waals surface area contributed by atoms with Crippen molar-refractivity contribution in [1.29, 1.82) is 0 Å². The number of carboxylic acids is 1. The zero-order chi connectivity index (χ0) is 18.5. The van der Waals surface area contributed by atoms with Crippen LogP contribution in [0.4, 0.5) is 4.39 Å². The molecule has 1 rings (SSSR count). The largest absolute Gasteiger partial charge is 0.479 e. The number of esters is 1. The Hall–Kier alpha value is -2.70. The quantitative estimate of drug-likeness (QED) is 0.635. The normalized spacial score (nSPS) is 12.7. The van der Waals surface area contributed by atoms with E-state index in [1.54, 1.807) is 20.8 Å². The summed E-state index contributed by atoms with van der Waals surface area (Å²) >= 11 is 0. The SMILES string of the molecule is COC(=O)/C=C/c1cc(F)ccc1[C@H](NC(=O)C(C)(C)C)C(=O)O. The van der Waals surface area contributed by atoms with Gasteiger partial charge in [0.25, 0.3) is 0 Å². The average Bonchev–Trinajstić information content (AvgIpc) is 2.49. The topological polar surface area (TPSA) is 92.7 Å². The summed E-state index contributed by atoms with van der Waals surface area (Å²) in [6.45, 7) is 4.93. The van der Waals surface area contributed by atoms with Crippen molar-refractivity contribution in [2.75, 3.05) is 7.11 Å². The summed E-state index contributed by atoms with van der Waals surface area (Å²) in [4.78, 5) is 34.9. The lowest BCUT2D eigenvalue weighted by atomic mass is 9.93. The lowest BCUT2D eigenvalue weighted by molar-refractivity contribution is -0.143. The van der Waals surface area contributed by atoms with Gasteiger partial charge in [0, 0.05) is 11.5 Å². The summed E-state index contributed by atoms with van der Waals surface area (Å²) < 4.78 is 17.9. The highest BCUT2D eigenvalue weighted by atomic mass is 19.1. The molecule has 1 amide bonds. The summed E-state index contributed by atoms with van der Waals surface area (Å²) in [7, 11) is 1.18. The van der Waals surface area contributed by atoms with Gasteiger partial charge in [0.15, 0.2) is 6.04 Å². The molecule has 0 aliphatic rings. The Balaban J connectivity index is 3.28. The van der Waals surface area contributed by atoms with Gasteiger partial charge in [-0.3, -0.25) is 4.79 Å². The molecule has 0 aliphatic heterocycles. The number of hydrogen-bond acceptors (Lipinski definition) is 4. The summed E-state index contributed by atoms with van der Waals surface area (Å²) in [6.07, 6.45) is 2.28. The molecule has 6 nitrogen and oxygen atoms in total. The summed E-state index contributed by atoms with van der Waals surface area (Å²) in [5.41, 5.74) is -0.487. The van der Waals surface area contributed by atoms with Crippen LogP contribution in [0.1, 0.15) is 37.9 Å². The van der Waals surface area contributed by atoms with E-state index in [4.69, 9.17) is 0 Å². The third kappa shape index (κ3) is 5.19. The second-order valence-corrected chi connectivity index (χ2v) is 6.12. The van der Waals surface area contributed by atoms with Crippen LogP contribution in [0, 0.1) is 11.2 Å². The molecular formula is C17H20FNO5. The molecule has 0 radical (unpaired) electrons. The average molecular weight is 337 g/mol. The number of methoxy groups -OCH3 is 1. The van der Waals surface area contributed by atoms with E-state index in [-0.39, 0.29) is 11.1 Å². The number of carbonyl (C=O) groups is 3. The Labute approximate surface area is 139 Å². The van der Waals surface area contributed by atoms with E-state index in [1.165, 1.54) is 19.3 Å². The Kier molecular flexibility index (Phi) is 6.22. The first-order valence-corrected chi connectivity index (χ1v) is 7.15. The van der Waals surface area contributed by atoms with Gasteiger partial charge in [-0.05, 0) is 29.3 Å². The van der Waals surface area contributed by atoms with Crippen LogP contribution in [-0.4, -0.2) is 30.1 Å². The smallest absolute Gasteiger partial charge is 0.330 e. The van der Waals surface area contributed by atoms with E-state index in [1.807, 2.05) is 0 Å². The van der Waals surface area contributed by atoms with Crippen molar-refractivity contribution < 1.29 is 28.6 Å². The van der Waals surface area contributed by atoms with Crippen LogP contribution < -0.4 is 5.32 Å². The maximum atomic E-state index is 13.5. The maximum Gasteiger partial charge on any atom is 0.330 e. The minimum atomic E-state index is -1.38. The van der Waals surface area contributed by atoms with Gasteiger partial charge >= 0.3 is 11.9 Å². The van der Waals surface area contributed by atoms with Crippen LogP contribution in [0.5, 0.6) is 0 Å². The molecule has 0 aliphatic carbocycles. The van der Waals surface area contributed by atoms with Crippen molar-refractivity contribution in [3.8, 4) is 0 Å². The third-order valence-electron chi connectivity index (χ3n) is 3.16. The first kappa shape index (κ1) is 19.3. The van der Waals surface area contributed by atoms with Crippen LogP contribution in [0.15, 0.2) is 24.3 Å². The van der Waals surface area contributed by atoms with Gasteiger partial charge in [-0.2, -0.15) is 0 Å². The molecule has 24 heavy (non-hydrogen) atoms. The number of aliphatic carboxylic acids is 1. The van der Waals surface area contributed by atoms with E-state index in [0.29, 0.717) is 0 Å². The maximum absolute atomic E-state index is 13.5. The highest BCUT2D eigenvalue weighted by Gasteiger charge is 2.29. The van der Waals surface area contributed by atoms with E-state index in [0.717, 1.165) is 18.2 Å². The Morgan fingerprint density at radius 3 is 2.42 bits per heavy atom. The fraction of sp³-hybridized carbons (Fsp3) is 0.353. The van der Waals surface area contributed by atoms with Crippen LogP contribution in [0.2, 0.25) is 0 Å². The minimum Gasteiger partial charge on any atom is -0.479 e. The molecule has 0 saturated carbocycles. The number of hydrogen-bond donors (Lipinski definition) is 2. The molecule has 0 aromatic heterocycles. The van der Waals surface area contributed by atoms with Gasteiger partial charge in [0.2, 0.25) is 5.91 Å². The summed E-state index contributed by atoms with van der Waals surface area (Å²) in [5, 5.41) is 11.9. The molecule has 0 heterocycles. The van der Waals surface area contributed by atoms with Gasteiger partial charge in [0.05, 0.1) is 7.11 Å². The van der Waals surface area contributed by atoms with E-state index >= 15 is 0 Å². The number of benzene rings is 1. The monoisotopic (exact) mass is 337 g/mol. The van der Waals surface area contributed by atoms with E-state index < -0.39 is 35.1 Å². The highest BCUT2D eigenvalue weighted by Crippen LogP contribution is 2.23. The molecule has 1 aromatic rings. The van der Waals surface area contributed by atoms with Crippen LogP contribution in [0.3, 0.4) is 0 Å². The van der Waals surface area contributed by atoms with E-state index in [2.05, 4.69) is 10.1 Å². The van der Waals surface area contributed by atoms with Crippen LogP contribution >= 0.6 is 0 Å². The molecule has 0 fully saturated rings. The van der Waals surface area contributed by atoms with Gasteiger partial charge in [0.1, 0.15) is 5.82 Å². The molecule has 130 valence electrons. The van der Waals surface area contributed by atoms with Crippen molar-refractivity contribution in [2.24, 2.45) is 5.41 Å². The number of rotatable bonds is 5. The Morgan fingerprint density at radius 1 is 1.29 bits per heavy atom. The predicted molar refractivity (Wildman–Crippen MR) is 85.4 cm³/mol.